The SMILES string of the molecule is CCN(CCCCN(CCC(=O)OCCOC(=O)C1CC=C(CC/C=C(\C)CCC=C(C)C)CC1)CCC(=O)OCCOC(=O)C1CC=C(CC/C=C(\C)CCC=C(C)C)CC1)CCN(CCC(=O)OCCOC(=O)C1CC=C(CC/C=C(\C)CCC=C(C)C)CC1)CCC(=O)OCCOC(=O)C1CC=C(CC/C=C(\C)CCC=C(C)C)CC1. The third-order valence-electron chi connectivity index (χ3n) is 22.8. The molecule has 0 saturated carbocycles. The first kappa shape index (κ1) is 104. The molecular formula is C100H157N3O16. The number of ether oxygens (including phenoxy) is 8. The standard InChI is InChI=1S/C100H157N3O16/c1-14-101(67-68-103(65-59-95(106)114-71-75-118-99(110)91-53-45-87(46-54-91)39-23-35-83(12)31-19-27-79(6)7)66-60-96(107)115-72-76-119-100(111)92-55-47-88(48-56-92)40-24-36-84(13)32-20-28-80(8)9)61-15-16-62-102(63-57-93(104)112-69-73-116-97(108)89-49-41-85(42-50-89)37-21-33-81(10)29-17-25-77(2)3)64-58-94(105)113-70-74-117-98(109)90-51-43-86(44-52-90)38-22-34-82(11)30-18-26-78(4)5/h25-28,33-36,41,43,45,47,89-92H,14-24,29-32,37-40,42,44,46,48-76H2,1-13H3/b81-33+,82-34+,83-35+,84-36+. The van der Waals surface area contributed by atoms with Gasteiger partial charge in [-0.2, -0.15) is 0 Å². The van der Waals surface area contributed by atoms with E-state index in [2.05, 4.69) is 168 Å². The molecule has 0 N–H and O–H groups in total. The van der Waals surface area contributed by atoms with Crippen molar-refractivity contribution < 1.29 is 76.3 Å². The summed E-state index contributed by atoms with van der Waals surface area (Å²) in [5.41, 5.74) is 16.5. The smallest absolute Gasteiger partial charge is 0.309 e. The quantitative estimate of drug-likeness (QED) is 0.0239. The van der Waals surface area contributed by atoms with E-state index in [-0.39, 0.29) is 126 Å². The van der Waals surface area contributed by atoms with E-state index in [1.54, 1.807) is 0 Å². The molecule has 4 rings (SSSR count). The molecule has 4 aliphatic carbocycles. The van der Waals surface area contributed by atoms with E-state index < -0.39 is 23.9 Å². The molecule has 19 heteroatoms. The molecule has 0 fully saturated rings. The largest absolute Gasteiger partial charge is 0.462 e. The van der Waals surface area contributed by atoms with Gasteiger partial charge in [0, 0.05) is 39.3 Å². The third kappa shape index (κ3) is 51.8. The van der Waals surface area contributed by atoms with Crippen molar-refractivity contribution in [2.45, 2.75) is 308 Å². The summed E-state index contributed by atoms with van der Waals surface area (Å²) in [5.74, 6) is -3.80. The van der Waals surface area contributed by atoms with E-state index in [9.17, 15) is 38.4 Å². The van der Waals surface area contributed by atoms with Crippen molar-refractivity contribution in [2.24, 2.45) is 23.7 Å². The average Bonchev–Trinajstić information content (AvgIpc) is 0.899. The summed E-state index contributed by atoms with van der Waals surface area (Å²) in [4.78, 5) is 112. The lowest BCUT2D eigenvalue weighted by molar-refractivity contribution is -0.155. The van der Waals surface area contributed by atoms with Crippen molar-refractivity contribution in [3.63, 3.8) is 0 Å². The van der Waals surface area contributed by atoms with E-state index >= 15 is 0 Å². The van der Waals surface area contributed by atoms with Crippen LogP contribution in [0.5, 0.6) is 0 Å². The van der Waals surface area contributed by atoms with Crippen LogP contribution in [0.15, 0.2) is 140 Å². The van der Waals surface area contributed by atoms with Crippen LogP contribution in [0.3, 0.4) is 0 Å². The van der Waals surface area contributed by atoms with Crippen molar-refractivity contribution >= 4 is 47.8 Å². The highest BCUT2D eigenvalue weighted by Gasteiger charge is 2.28. The Balaban J connectivity index is 1.30. The molecule has 0 heterocycles. The van der Waals surface area contributed by atoms with Gasteiger partial charge in [-0.1, -0.05) is 147 Å². The van der Waals surface area contributed by atoms with Gasteiger partial charge in [-0.15, -0.1) is 0 Å². The van der Waals surface area contributed by atoms with Gasteiger partial charge in [-0.25, -0.2) is 0 Å². The Kier molecular flexibility index (Phi) is 55.4. The van der Waals surface area contributed by atoms with Gasteiger partial charge < -0.3 is 52.6 Å². The van der Waals surface area contributed by atoms with Gasteiger partial charge in [-0.05, 0) is 295 Å². The fourth-order valence-electron chi connectivity index (χ4n) is 15.1. The number of likely N-dealkylation sites (N-methyl/N-ethyl adjacent to an activating group) is 1. The summed E-state index contributed by atoms with van der Waals surface area (Å²) in [6, 6.07) is 0. The zero-order chi connectivity index (χ0) is 86.8. The fraction of sp³-hybridized carbons (Fsp3) is 0.680. The highest BCUT2D eigenvalue weighted by Crippen LogP contribution is 2.32. The van der Waals surface area contributed by atoms with E-state index in [0.717, 1.165) is 180 Å². The van der Waals surface area contributed by atoms with Gasteiger partial charge in [0.05, 0.1) is 49.4 Å². The van der Waals surface area contributed by atoms with Crippen LogP contribution in [0, 0.1) is 23.7 Å². The maximum absolute atomic E-state index is 13.3. The van der Waals surface area contributed by atoms with Crippen LogP contribution in [0.1, 0.15) is 308 Å². The summed E-state index contributed by atoms with van der Waals surface area (Å²) < 4.78 is 44.7. The second kappa shape index (κ2) is 63.5. The summed E-state index contributed by atoms with van der Waals surface area (Å²) >= 11 is 0. The Bertz CT molecular complexity index is 3250. The molecule has 4 atom stereocenters. The molecule has 0 aromatic heterocycles. The van der Waals surface area contributed by atoms with Crippen LogP contribution in [0.2, 0.25) is 0 Å². The molecule has 0 radical (unpaired) electrons. The molecular weight excluding hydrogens is 1500 g/mol. The number of unbranched alkanes of at least 4 members (excludes halogenated alkanes) is 1. The number of hydrogen-bond acceptors (Lipinski definition) is 19. The minimum Gasteiger partial charge on any atom is -0.462 e. The van der Waals surface area contributed by atoms with Gasteiger partial charge in [0.25, 0.3) is 0 Å². The zero-order valence-corrected chi connectivity index (χ0v) is 76.2. The van der Waals surface area contributed by atoms with Gasteiger partial charge in [0.1, 0.15) is 52.9 Å². The molecule has 0 spiro atoms. The topological polar surface area (TPSA) is 220 Å². The molecule has 0 aromatic rings. The van der Waals surface area contributed by atoms with Crippen LogP contribution in [-0.4, -0.2) is 174 Å². The van der Waals surface area contributed by atoms with E-state index in [4.69, 9.17) is 37.9 Å². The predicted octanol–water partition coefficient (Wildman–Crippen LogP) is 21.4. The predicted molar refractivity (Wildman–Crippen MR) is 479 cm³/mol. The summed E-state index contributed by atoms with van der Waals surface area (Å²) in [6.07, 6.45) is 54.2. The summed E-state index contributed by atoms with van der Waals surface area (Å²) in [5, 5.41) is 0. The molecule has 119 heavy (non-hydrogen) atoms. The Morgan fingerprint density at radius 1 is 0.286 bits per heavy atom. The second-order valence-electron chi connectivity index (χ2n) is 34.3. The molecule has 0 bridgehead atoms. The van der Waals surface area contributed by atoms with Gasteiger partial charge in [0.15, 0.2) is 0 Å². The molecule has 0 saturated heterocycles. The minimum atomic E-state index is -0.449. The lowest BCUT2D eigenvalue weighted by Gasteiger charge is -2.27. The number of allylic oxidation sites excluding steroid dienone is 24. The first-order valence-electron chi connectivity index (χ1n) is 45.6. The molecule has 0 amide bonds. The second-order valence-corrected chi connectivity index (χ2v) is 34.3. The number of nitrogens with zero attached hydrogens (tertiary/aromatic N) is 3. The third-order valence-corrected chi connectivity index (χ3v) is 22.8. The average molecular weight is 1660 g/mol. The molecule has 0 aliphatic heterocycles. The Morgan fingerprint density at radius 3 is 0.739 bits per heavy atom. The minimum absolute atomic E-state index is 0.0362. The van der Waals surface area contributed by atoms with Crippen molar-refractivity contribution in [3.05, 3.63) is 140 Å². The Labute approximate surface area is 718 Å². The maximum Gasteiger partial charge on any atom is 0.309 e. The molecule has 4 aliphatic rings. The Hall–Kier alpha value is -7.48. The number of esters is 8. The van der Waals surface area contributed by atoms with Crippen LogP contribution in [-0.2, 0) is 76.3 Å². The van der Waals surface area contributed by atoms with Crippen molar-refractivity contribution in [1.82, 2.24) is 14.7 Å². The zero-order valence-electron chi connectivity index (χ0n) is 76.2. The van der Waals surface area contributed by atoms with Crippen molar-refractivity contribution in [2.75, 3.05) is 112 Å². The van der Waals surface area contributed by atoms with Gasteiger partial charge in [-0.3, -0.25) is 38.4 Å². The highest BCUT2D eigenvalue weighted by molar-refractivity contribution is 5.75. The molecule has 0 aromatic carbocycles. The first-order chi connectivity index (χ1) is 57.2. The molecule has 4 unspecified atom stereocenters. The van der Waals surface area contributed by atoms with Crippen LogP contribution in [0.4, 0.5) is 0 Å². The molecule has 668 valence electrons. The number of hydrogen-bond donors (Lipinski definition) is 0. The normalized spacial score (nSPS) is 17.2. The maximum atomic E-state index is 13.3. The summed E-state index contributed by atoms with van der Waals surface area (Å²) in [6.45, 7) is 31.8. The van der Waals surface area contributed by atoms with Crippen molar-refractivity contribution in [1.29, 1.82) is 0 Å². The highest BCUT2D eigenvalue weighted by atomic mass is 16.6. The van der Waals surface area contributed by atoms with Gasteiger partial charge in [0.2, 0.25) is 0 Å². The Morgan fingerprint density at radius 2 is 0.513 bits per heavy atom. The van der Waals surface area contributed by atoms with Crippen molar-refractivity contribution in [3.8, 4) is 0 Å². The van der Waals surface area contributed by atoms with Crippen LogP contribution in [0.25, 0.3) is 0 Å². The summed E-state index contributed by atoms with van der Waals surface area (Å²) in [7, 11) is 0. The van der Waals surface area contributed by atoms with E-state index in [1.165, 1.54) is 66.9 Å². The van der Waals surface area contributed by atoms with E-state index in [1.807, 2.05) is 9.80 Å². The lowest BCUT2D eigenvalue weighted by atomic mass is 9.87. The van der Waals surface area contributed by atoms with Crippen LogP contribution >= 0.6 is 0 Å². The number of carbonyl (C=O) groups is 8. The monoisotopic (exact) mass is 1660 g/mol. The van der Waals surface area contributed by atoms with Crippen LogP contribution < -0.4 is 0 Å². The van der Waals surface area contributed by atoms with Gasteiger partial charge >= 0.3 is 47.8 Å². The number of carbonyl (C=O) groups excluding carboxylic acids is 8. The number of rotatable bonds is 61. The first-order valence-corrected chi connectivity index (χ1v) is 45.6. The van der Waals surface area contributed by atoms with E-state index in [0.29, 0.717) is 71.5 Å². The fourth-order valence-corrected chi connectivity index (χ4v) is 15.1. The lowest BCUT2D eigenvalue weighted by Crippen LogP contribution is -2.38. The molecule has 19 nitrogen and oxygen atoms in total.